The van der Waals surface area contributed by atoms with Crippen molar-refractivity contribution in [3.8, 4) is 0 Å². The van der Waals surface area contributed by atoms with Gasteiger partial charge in [-0.25, -0.2) is 0 Å². The van der Waals surface area contributed by atoms with Gasteiger partial charge < -0.3 is 10.6 Å². The fourth-order valence-corrected chi connectivity index (χ4v) is 1.85. The molecule has 1 aliphatic heterocycles. The van der Waals surface area contributed by atoms with Gasteiger partial charge in [-0.15, -0.1) is 0 Å². The summed E-state index contributed by atoms with van der Waals surface area (Å²) in [5.41, 5.74) is 9.20. The highest BCUT2D eigenvalue weighted by molar-refractivity contribution is 7.80. The van der Waals surface area contributed by atoms with Crippen molar-refractivity contribution in [3.63, 3.8) is 0 Å². The van der Waals surface area contributed by atoms with Gasteiger partial charge in [0.05, 0.1) is 0 Å². The molecule has 3 heteroatoms. The molecule has 13 heavy (non-hydrogen) atoms. The zero-order chi connectivity index (χ0) is 9.42. The second kappa shape index (κ2) is 3.00. The van der Waals surface area contributed by atoms with Gasteiger partial charge in [0.1, 0.15) is 4.99 Å². The van der Waals surface area contributed by atoms with E-state index in [4.69, 9.17) is 18.0 Å². The van der Waals surface area contributed by atoms with Gasteiger partial charge in [-0.3, -0.25) is 0 Å². The Morgan fingerprint density at radius 1 is 1.54 bits per heavy atom. The van der Waals surface area contributed by atoms with Crippen molar-refractivity contribution in [2.24, 2.45) is 5.73 Å². The fourth-order valence-electron chi connectivity index (χ4n) is 1.72. The molecule has 1 aromatic carbocycles. The van der Waals surface area contributed by atoms with Crippen LogP contribution in [0.2, 0.25) is 0 Å². The molecule has 1 aliphatic rings. The van der Waals surface area contributed by atoms with Crippen LogP contribution in [0.3, 0.4) is 0 Å². The smallest absolute Gasteiger partial charge is 0.103 e. The lowest BCUT2D eigenvalue weighted by Gasteiger charge is -2.11. The standard InChI is InChI=1S/C10H12N2S/c1-12-5-4-7-6-8(10(11)13)2-3-9(7)12/h2-3,6H,4-5H2,1H3,(H2,11,13). The van der Waals surface area contributed by atoms with Crippen molar-refractivity contribution in [2.75, 3.05) is 18.5 Å². The molecular weight excluding hydrogens is 180 g/mol. The molecule has 0 aliphatic carbocycles. The van der Waals surface area contributed by atoms with E-state index in [0.717, 1.165) is 18.5 Å². The molecule has 2 N–H and O–H groups in total. The first-order valence-corrected chi connectivity index (χ1v) is 4.73. The highest BCUT2D eigenvalue weighted by atomic mass is 32.1. The lowest BCUT2D eigenvalue weighted by atomic mass is 10.1. The van der Waals surface area contributed by atoms with Gasteiger partial charge >= 0.3 is 0 Å². The number of benzene rings is 1. The quantitative estimate of drug-likeness (QED) is 0.680. The molecule has 2 nitrogen and oxygen atoms in total. The first-order chi connectivity index (χ1) is 6.18. The Morgan fingerprint density at radius 2 is 2.31 bits per heavy atom. The first kappa shape index (κ1) is 8.51. The van der Waals surface area contributed by atoms with E-state index in [1.54, 1.807) is 0 Å². The molecule has 0 saturated carbocycles. The average Bonchev–Trinajstić information content (AvgIpc) is 2.47. The molecule has 0 bridgehead atoms. The zero-order valence-corrected chi connectivity index (χ0v) is 8.40. The number of rotatable bonds is 1. The Hall–Kier alpha value is -1.09. The summed E-state index contributed by atoms with van der Waals surface area (Å²) in [6, 6.07) is 6.18. The number of fused-ring (bicyclic) bond motifs is 1. The van der Waals surface area contributed by atoms with Crippen molar-refractivity contribution in [1.29, 1.82) is 0 Å². The van der Waals surface area contributed by atoms with Crippen molar-refractivity contribution in [3.05, 3.63) is 29.3 Å². The normalized spacial score (nSPS) is 14.4. The predicted octanol–water partition coefficient (Wildman–Crippen LogP) is 1.31. The summed E-state index contributed by atoms with van der Waals surface area (Å²) in [5.74, 6) is 0. The van der Waals surface area contributed by atoms with Crippen molar-refractivity contribution < 1.29 is 0 Å². The largest absolute Gasteiger partial charge is 0.389 e. The van der Waals surface area contributed by atoms with Crippen LogP contribution in [-0.2, 0) is 6.42 Å². The minimum atomic E-state index is 0.484. The number of likely N-dealkylation sites (N-methyl/N-ethyl adjacent to an activating group) is 1. The van der Waals surface area contributed by atoms with E-state index in [1.807, 2.05) is 6.07 Å². The second-order valence-corrected chi connectivity index (χ2v) is 3.82. The SMILES string of the molecule is CN1CCc2cc(C(N)=S)ccc21. The van der Waals surface area contributed by atoms with Crippen LogP contribution in [0, 0.1) is 0 Å². The molecule has 68 valence electrons. The topological polar surface area (TPSA) is 29.3 Å². The van der Waals surface area contributed by atoms with E-state index in [2.05, 4.69) is 24.1 Å². The van der Waals surface area contributed by atoms with Gasteiger partial charge in [0, 0.05) is 24.8 Å². The highest BCUT2D eigenvalue weighted by Crippen LogP contribution is 2.27. The van der Waals surface area contributed by atoms with Crippen LogP contribution in [0.15, 0.2) is 18.2 Å². The van der Waals surface area contributed by atoms with Crippen molar-refractivity contribution in [2.45, 2.75) is 6.42 Å². The summed E-state index contributed by atoms with van der Waals surface area (Å²) in [7, 11) is 2.10. The van der Waals surface area contributed by atoms with Crippen LogP contribution in [0.1, 0.15) is 11.1 Å². The summed E-state index contributed by atoms with van der Waals surface area (Å²) in [4.78, 5) is 2.73. The Balaban J connectivity index is 2.45. The Bertz CT molecular complexity index is 360. The van der Waals surface area contributed by atoms with Crippen LogP contribution in [0.25, 0.3) is 0 Å². The molecule has 0 unspecified atom stereocenters. The van der Waals surface area contributed by atoms with Gasteiger partial charge in [0.25, 0.3) is 0 Å². The van der Waals surface area contributed by atoms with Gasteiger partial charge in [-0.1, -0.05) is 12.2 Å². The lowest BCUT2D eigenvalue weighted by Crippen LogP contribution is -2.12. The number of nitrogens with zero attached hydrogens (tertiary/aromatic N) is 1. The summed E-state index contributed by atoms with van der Waals surface area (Å²) >= 11 is 4.93. The van der Waals surface area contributed by atoms with Crippen molar-refractivity contribution in [1.82, 2.24) is 0 Å². The van der Waals surface area contributed by atoms with Gasteiger partial charge in [-0.2, -0.15) is 0 Å². The molecule has 0 spiro atoms. The van der Waals surface area contributed by atoms with Gasteiger partial charge in [0.2, 0.25) is 0 Å². The molecule has 0 radical (unpaired) electrons. The Kier molecular flexibility index (Phi) is 1.96. The molecule has 2 rings (SSSR count). The number of hydrogen-bond donors (Lipinski definition) is 1. The molecule has 0 atom stereocenters. The molecule has 1 aromatic rings. The summed E-state index contributed by atoms with van der Waals surface area (Å²) in [6.07, 6.45) is 1.10. The third kappa shape index (κ3) is 1.40. The van der Waals surface area contributed by atoms with Crippen LogP contribution in [0.4, 0.5) is 5.69 Å². The van der Waals surface area contributed by atoms with Crippen LogP contribution in [0.5, 0.6) is 0 Å². The monoisotopic (exact) mass is 192 g/mol. The van der Waals surface area contributed by atoms with E-state index >= 15 is 0 Å². The van der Waals surface area contributed by atoms with E-state index < -0.39 is 0 Å². The maximum atomic E-state index is 5.56. The van der Waals surface area contributed by atoms with Crippen molar-refractivity contribution >= 4 is 22.9 Å². The second-order valence-electron chi connectivity index (χ2n) is 3.38. The minimum absolute atomic E-state index is 0.484. The molecule has 1 heterocycles. The molecular formula is C10H12N2S. The lowest BCUT2D eigenvalue weighted by molar-refractivity contribution is 0.956. The minimum Gasteiger partial charge on any atom is -0.389 e. The zero-order valence-electron chi connectivity index (χ0n) is 7.58. The van der Waals surface area contributed by atoms with E-state index in [9.17, 15) is 0 Å². The summed E-state index contributed by atoms with van der Waals surface area (Å²) < 4.78 is 0. The van der Waals surface area contributed by atoms with Gasteiger partial charge in [0.15, 0.2) is 0 Å². The molecule has 0 amide bonds. The Morgan fingerprint density at radius 3 is 3.00 bits per heavy atom. The van der Waals surface area contributed by atoms with Crippen LogP contribution < -0.4 is 10.6 Å². The predicted molar refractivity (Wildman–Crippen MR) is 59.3 cm³/mol. The maximum absolute atomic E-state index is 5.56. The number of anilines is 1. The van der Waals surface area contributed by atoms with Gasteiger partial charge in [-0.05, 0) is 30.2 Å². The third-order valence-electron chi connectivity index (χ3n) is 2.49. The fraction of sp³-hybridized carbons (Fsp3) is 0.300. The molecule has 0 saturated heterocycles. The van der Waals surface area contributed by atoms with Crippen LogP contribution >= 0.6 is 12.2 Å². The van der Waals surface area contributed by atoms with Crippen LogP contribution in [-0.4, -0.2) is 18.6 Å². The molecule has 0 fully saturated rings. The summed E-state index contributed by atoms with van der Waals surface area (Å²) in [6.45, 7) is 1.09. The summed E-state index contributed by atoms with van der Waals surface area (Å²) in [5, 5.41) is 0. The molecule has 0 aromatic heterocycles. The van der Waals surface area contributed by atoms with E-state index in [-0.39, 0.29) is 0 Å². The average molecular weight is 192 g/mol. The number of nitrogens with two attached hydrogens (primary N) is 1. The third-order valence-corrected chi connectivity index (χ3v) is 2.73. The Labute approximate surface area is 83.3 Å². The number of thiocarbonyl (C=S) groups is 1. The van der Waals surface area contributed by atoms with E-state index in [1.165, 1.54) is 11.3 Å². The van der Waals surface area contributed by atoms with E-state index in [0.29, 0.717) is 4.99 Å². The maximum Gasteiger partial charge on any atom is 0.103 e. The first-order valence-electron chi connectivity index (χ1n) is 4.32. The number of hydrogen-bond acceptors (Lipinski definition) is 2. The highest BCUT2D eigenvalue weighted by Gasteiger charge is 2.15.